The summed E-state index contributed by atoms with van der Waals surface area (Å²) in [5, 5.41) is 4.01. The number of rotatable bonds is 3. The number of piperidine rings is 1. The Morgan fingerprint density at radius 3 is 2.69 bits per heavy atom. The maximum absolute atomic E-state index is 12.8. The van der Waals surface area contributed by atoms with Crippen LogP contribution < -0.4 is 11.1 Å². The van der Waals surface area contributed by atoms with Gasteiger partial charge in [-0.1, -0.05) is 11.6 Å². The second-order valence-electron chi connectivity index (χ2n) is 8.81. The Bertz CT molecular complexity index is 976. The van der Waals surface area contributed by atoms with Crippen LogP contribution >= 0.6 is 11.6 Å². The van der Waals surface area contributed by atoms with Gasteiger partial charge in [-0.15, -0.1) is 0 Å². The van der Waals surface area contributed by atoms with Crippen LogP contribution in [0.3, 0.4) is 0 Å². The van der Waals surface area contributed by atoms with Gasteiger partial charge in [0.1, 0.15) is 5.60 Å². The van der Waals surface area contributed by atoms with Gasteiger partial charge in [-0.25, -0.2) is 4.79 Å². The second-order valence-corrected chi connectivity index (χ2v) is 9.21. The van der Waals surface area contributed by atoms with E-state index in [4.69, 9.17) is 22.1 Å². The first-order valence-corrected chi connectivity index (χ1v) is 10.1. The lowest BCUT2D eigenvalue weighted by Crippen LogP contribution is -2.38. The number of hydrogen-bond donors (Lipinski definition) is 2. The number of carbonyl (C=O) groups excluding carboxylic acids is 2. The van der Waals surface area contributed by atoms with Crippen LogP contribution in [-0.2, 0) is 4.74 Å². The van der Waals surface area contributed by atoms with E-state index in [1.54, 1.807) is 29.3 Å². The number of halogens is 1. The van der Waals surface area contributed by atoms with Crippen LogP contribution in [-0.4, -0.2) is 47.1 Å². The van der Waals surface area contributed by atoms with Crippen molar-refractivity contribution in [1.29, 1.82) is 0 Å². The van der Waals surface area contributed by atoms with Gasteiger partial charge in [0, 0.05) is 31.2 Å². The Morgan fingerprint density at radius 1 is 1.34 bits per heavy atom. The first kappa shape index (κ1) is 19.8. The number of nitrogens with two attached hydrogens (primary N) is 1. The number of carbonyl (C=O) groups is 2. The molecule has 8 heteroatoms. The molecule has 1 aromatic heterocycles. The monoisotopic (exact) mass is 416 g/mol. The first-order chi connectivity index (χ1) is 13.7. The van der Waals surface area contributed by atoms with Crippen LogP contribution in [0.4, 0.5) is 10.5 Å². The highest BCUT2D eigenvalue weighted by molar-refractivity contribution is 6.35. The number of nitrogen functional groups attached to an aromatic ring is 1. The number of nitrogens with zero attached hydrogens (tertiary/aromatic N) is 2. The SMILES string of the molecule is CC(C)(C)OC(=O)N1CC2C(CNC(=O)c3cc(Cl)c(N)c4cccnc34)C2C1. The third kappa shape index (κ3) is 3.83. The van der Waals surface area contributed by atoms with E-state index in [2.05, 4.69) is 10.3 Å². The summed E-state index contributed by atoms with van der Waals surface area (Å²) in [5.41, 5.74) is 6.90. The predicted molar refractivity (Wildman–Crippen MR) is 112 cm³/mol. The molecule has 2 fully saturated rings. The van der Waals surface area contributed by atoms with Crippen molar-refractivity contribution in [3.8, 4) is 0 Å². The Hall–Kier alpha value is -2.54. The lowest BCUT2D eigenvalue weighted by atomic mass is 10.1. The van der Waals surface area contributed by atoms with E-state index < -0.39 is 5.60 Å². The molecule has 1 aliphatic heterocycles. The smallest absolute Gasteiger partial charge is 0.410 e. The van der Waals surface area contributed by atoms with Crippen molar-refractivity contribution in [2.45, 2.75) is 26.4 Å². The van der Waals surface area contributed by atoms with Gasteiger partial charge in [-0.05, 0) is 56.7 Å². The summed E-state index contributed by atoms with van der Waals surface area (Å²) >= 11 is 6.20. The van der Waals surface area contributed by atoms with Gasteiger partial charge in [0.2, 0.25) is 0 Å². The van der Waals surface area contributed by atoms with E-state index in [9.17, 15) is 9.59 Å². The number of fused-ring (bicyclic) bond motifs is 2. The van der Waals surface area contributed by atoms with Crippen molar-refractivity contribution < 1.29 is 14.3 Å². The average molecular weight is 417 g/mol. The molecule has 0 bridgehead atoms. The molecule has 154 valence electrons. The van der Waals surface area contributed by atoms with Gasteiger partial charge in [0.05, 0.1) is 21.8 Å². The third-order valence-electron chi connectivity index (χ3n) is 5.65. The molecule has 7 nitrogen and oxygen atoms in total. The highest BCUT2D eigenvalue weighted by Gasteiger charge is 2.56. The molecule has 4 rings (SSSR count). The van der Waals surface area contributed by atoms with Crippen molar-refractivity contribution in [3.63, 3.8) is 0 Å². The summed E-state index contributed by atoms with van der Waals surface area (Å²) in [6.45, 7) is 7.51. The molecule has 1 saturated carbocycles. The van der Waals surface area contributed by atoms with Crippen LogP contribution in [0.25, 0.3) is 10.9 Å². The summed E-state index contributed by atoms with van der Waals surface area (Å²) in [5.74, 6) is 0.978. The second kappa shape index (κ2) is 7.06. The molecule has 3 N–H and O–H groups in total. The number of nitrogens with one attached hydrogen (secondary N) is 1. The molecule has 2 heterocycles. The standard InChI is InChI=1S/C21H25ClN4O3/c1-21(2,3)29-20(28)26-9-14-13(15(14)10-26)8-25-19(27)12-7-16(22)17(23)11-5-4-6-24-18(11)12/h4-7,13-15H,8-10,23H2,1-3H3,(H,25,27). The van der Waals surface area contributed by atoms with Crippen LogP contribution in [0.15, 0.2) is 24.4 Å². The summed E-state index contributed by atoms with van der Waals surface area (Å²) in [4.78, 5) is 31.0. The number of pyridine rings is 1. The van der Waals surface area contributed by atoms with E-state index >= 15 is 0 Å². The number of anilines is 1. The van der Waals surface area contributed by atoms with Crippen LogP contribution in [0.5, 0.6) is 0 Å². The number of hydrogen-bond acceptors (Lipinski definition) is 5. The third-order valence-corrected chi connectivity index (χ3v) is 5.96. The predicted octanol–water partition coefficient (Wildman–Crippen LogP) is 3.31. The Morgan fingerprint density at radius 2 is 2.03 bits per heavy atom. The topological polar surface area (TPSA) is 97.5 Å². The van der Waals surface area contributed by atoms with Crippen molar-refractivity contribution in [2.24, 2.45) is 17.8 Å². The summed E-state index contributed by atoms with van der Waals surface area (Å²) in [6, 6.07) is 5.13. The molecule has 0 spiro atoms. The molecule has 1 aromatic carbocycles. The average Bonchev–Trinajstić information content (AvgIpc) is 3.10. The molecule has 0 radical (unpaired) electrons. The maximum atomic E-state index is 12.8. The van der Waals surface area contributed by atoms with Gasteiger partial charge in [0.25, 0.3) is 5.91 Å². The van der Waals surface area contributed by atoms with Crippen LogP contribution in [0, 0.1) is 17.8 Å². The van der Waals surface area contributed by atoms with E-state index in [1.165, 1.54) is 0 Å². The minimum absolute atomic E-state index is 0.218. The number of ether oxygens (including phenoxy) is 1. The fourth-order valence-electron chi connectivity index (χ4n) is 4.15. The zero-order valence-corrected chi connectivity index (χ0v) is 17.5. The van der Waals surface area contributed by atoms with Crippen LogP contribution in [0.2, 0.25) is 5.02 Å². The number of benzene rings is 1. The summed E-state index contributed by atoms with van der Waals surface area (Å²) in [6.07, 6.45) is 1.37. The molecule has 2 unspecified atom stereocenters. The molecular weight excluding hydrogens is 392 g/mol. The van der Waals surface area contributed by atoms with Crippen molar-refractivity contribution >= 4 is 40.2 Å². The van der Waals surface area contributed by atoms with E-state index in [1.807, 2.05) is 20.8 Å². The molecule has 2 aromatic rings. The largest absolute Gasteiger partial charge is 0.444 e. The lowest BCUT2D eigenvalue weighted by molar-refractivity contribution is 0.0265. The fourth-order valence-corrected chi connectivity index (χ4v) is 4.36. The van der Waals surface area contributed by atoms with Gasteiger partial charge < -0.3 is 20.7 Å². The molecule has 29 heavy (non-hydrogen) atoms. The molecule has 2 atom stereocenters. The van der Waals surface area contributed by atoms with E-state index in [0.717, 1.165) is 0 Å². The van der Waals surface area contributed by atoms with Crippen molar-refractivity contribution in [2.75, 3.05) is 25.4 Å². The van der Waals surface area contributed by atoms with E-state index in [0.29, 0.717) is 64.6 Å². The minimum atomic E-state index is -0.492. The lowest BCUT2D eigenvalue weighted by Gasteiger charge is -2.26. The quantitative estimate of drug-likeness (QED) is 0.748. The molecular formula is C21H25ClN4O3. The Labute approximate surface area is 174 Å². The number of aromatic nitrogens is 1. The van der Waals surface area contributed by atoms with Crippen molar-refractivity contribution in [1.82, 2.24) is 15.2 Å². The molecule has 2 amide bonds. The van der Waals surface area contributed by atoms with Crippen molar-refractivity contribution in [3.05, 3.63) is 35.0 Å². The molecule has 2 aliphatic rings. The summed E-state index contributed by atoms with van der Waals surface area (Å²) in [7, 11) is 0. The minimum Gasteiger partial charge on any atom is -0.444 e. The van der Waals surface area contributed by atoms with Gasteiger partial charge in [-0.2, -0.15) is 0 Å². The Kier molecular flexibility index (Phi) is 4.81. The van der Waals surface area contributed by atoms with E-state index in [-0.39, 0.29) is 12.0 Å². The number of likely N-dealkylation sites (tertiary alicyclic amines) is 1. The van der Waals surface area contributed by atoms with Crippen LogP contribution in [0.1, 0.15) is 31.1 Å². The van der Waals surface area contributed by atoms with Gasteiger partial charge >= 0.3 is 6.09 Å². The zero-order chi connectivity index (χ0) is 20.9. The summed E-state index contributed by atoms with van der Waals surface area (Å²) < 4.78 is 5.43. The van der Waals surface area contributed by atoms with Gasteiger partial charge in [-0.3, -0.25) is 9.78 Å². The maximum Gasteiger partial charge on any atom is 0.410 e. The molecule has 1 saturated heterocycles. The Balaban J connectivity index is 1.36. The molecule has 1 aliphatic carbocycles. The number of amides is 2. The highest BCUT2D eigenvalue weighted by atomic mass is 35.5. The highest BCUT2D eigenvalue weighted by Crippen LogP contribution is 2.51. The van der Waals surface area contributed by atoms with Gasteiger partial charge in [0.15, 0.2) is 0 Å². The first-order valence-electron chi connectivity index (χ1n) is 9.74. The zero-order valence-electron chi connectivity index (χ0n) is 16.7. The normalized spacial score (nSPS) is 23.0. The fraction of sp³-hybridized carbons (Fsp3) is 0.476.